The first kappa shape index (κ1) is 43.3. The molecule has 10 heteroatoms. The highest BCUT2D eigenvalue weighted by Gasteiger charge is 2.32. The van der Waals surface area contributed by atoms with E-state index in [1.807, 2.05) is 12.1 Å². The SMILES string of the molecule is CC1=C(C)C(=O)C(CCC(C)(C)O)=C(CCNC(=O)c2ccccc2)C1=O.CC1=C(C)C(=O)C(CCC(C)(C)O)=C(CCNC(=O)c2ccccc2)C1=O. The van der Waals surface area contributed by atoms with Crippen molar-refractivity contribution >= 4 is 34.9 Å². The number of carbonyl (C=O) groups is 6. The molecule has 0 radical (unpaired) electrons. The van der Waals surface area contributed by atoms with E-state index in [4.69, 9.17) is 0 Å². The largest absolute Gasteiger partial charge is 0.390 e. The van der Waals surface area contributed by atoms with Crippen LogP contribution in [0, 0.1) is 0 Å². The van der Waals surface area contributed by atoms with Crippen LogP contribution in [0.3, 0.4) is 0 Å². The molecule has 0 aliphatic heterocycles. The number of Topliss-reactive ketones (excluding diaryl/α,β-unsaturated/α-hetero) is 4. The minimum absolute atomic E-state index is 0.138. The van der Waals surface area contributed by atoms with E-state index >= 15 is 0 Å². The second kappa shape index (κ2) is 18.8. The lowest BCUT2D eigenvalue weighted by atomic mass is 9.81. The Morgan fingerprint density at radius 1 is 0.481 bits per heavy atom. The first-order valence-corrected chi connectivity index (χ1v) is 18.3. The number of allylic oxidation sites excluding steroid dienone is 6. The summed E-state index contributed by atoms with van der Waals surface area (Å²) in [5.41, 5.74) is 2.89. The maximum absolute atomic E-state index is 12.7. The first-order chi connectivity index (χ1) is 25.2. The van der Waals surface area contributed by atoms with Gasteiger partial charge in [0.15, 0.2) is 23.1 Å². The fourth-order valence-corrected chi connectivity index (χ4v) is 6.04. The van der Waals surface area contributed by atoms with Gasteiger partial charge in [-0.25, -0.2) is 0 Å². The zero-order valence-electron chi connectivity index (χ0n) is 32.8. The lowest BCUT2D eigenvalue weighted by molar-refractivity contribution is -0.116. The number of carbonyl (C=O) groups excluding carboxylic acids is 6. The average molecular weight is 739 g/mol. The first-order valence-electron chi connectivity index (χ1n) is 18.3. The van der Waals surface area contributed by atoms with Crippen molar-refractivity contribution in [2.24, 2.45) is 0 Å². The van der Waals surface area contributed by atoms with Gasteiger partial charge in [-0.2, -0.15) is 0 Å². The van der Waals surface area contributed by atoms with Crippen LogP contribution in [0.2, 0.25) is 0 Å². The minimum atomic E-state index is -0.924. The molecule has 4 rings (SSSR count). The molecule has 0 heterocycles. The molecule has 0 fully saturated rings. The maximum atomic E-state index is 12.7. The summed E-state index contributed by atoms with van der Waals surface area (Å²) in [6.45, 7) is 13.9. The van der Waals surface area contributed by atoms with E-state index in [-0.39, 0.29) is 60.9 Å². The number of hydrogen-bond donors (Lipinski definition) is 4. The van der Waals surface area contributed by atoms with Crippen molar-refractivity contribution < 1.29 is 39.0 Å². The third-order valence-electron chi connectivity index (χ3n) is 9.68. The summed E-state index contributed by atoms with van der Waals surface area (Å²) in [6.07, 6.45) is 2.01. The van der Waals surface area contributed by atoms with Crippen molar-refractivity contribution in [2.45, 2.75) is 105 Å². The van der Waals surface area contributed by atoms with Crippen molar-refractivity contribution in [1.29, 1.82) is 0 Å². The predicted octanol–water partition coefficient (Wildman–Crippen LogP) is 6.28. The normalized spacial score (nSPS) is 15.4. The van der Waals surface area contributed by atoms with Crippen molar-refractivity contribution in [3.63, 3.8) is 0 Å². The van der Waals surface area contributed by atoms with E-state index in [1.165, 1.54) is 0 Å². The number of nitrogens with one attached hydrogen (secondary N) is 2. The molecule has 0 aromatic heterocycles. The number of hydrogen-bond acceptors (Lipinski definition) is 8. The summed E-state index contributed by atoms with van der Waals surface area (Å²) in [6, 6.07) is 17.7. The highest BCUT2D eigenvalue weighted by atomic mass is 16.3. The fourth-order valence-electron chi connectivity index (χ4n) is 6.04. The number of aliphatic hydroxyl groups is 2. The fraction of sp³-hybridized carbons (Fsp3) is 0.409. The molecule has 0 saturated carbocycles. The molecule has 2 aliphatic rings. The van der Waals surface area contributed by atoms with Crippen LogP contribution in [0.15, 0.2) is 105 Å². The van der Waals surface area contributed by atoms with E-state index in [0.29, 0.717) is 81.4 Å². The zero-order chi connectivity index (χ0) is 40.4. The van der Waals surface area contributed by atoms with Gasteiger partial charge in [-0.3, -0.25) is 28.8 Å². The molecule has 0 bridgehead atoms. The van der Waals surface area contributed by atoms with Gasteiger partial charge >= 0.3 is 0 Å². The van der Waals surface area contributed by atoms with Crippen LogP contribution in [-0.4, -0.2) is 69.5 Å². The molecule has 2 amide bonds. The second-order valence-electron chi connectivity index (χ2n) is 15.1. The van der Waals surface area contributed by atoms with Crippen LogP contribution in [0.1, 0.15) is 115 Å². The molecule has 0 unspecified atom stereocenters. The monoisotopic (exact) mass is 738 g/mol. The van der Waals surface area contributed by atoms with Gasteiger partial charge in [0.2, 0.25) is 0 Å². The minimum Gasteiger partial charge on any atom is -0.390 e. The highest BCUT2D eigenvalue weighted by molar-refractivity contribution is 6.25. The summed E-state index contributed by atoms with van der Waals surface area (Å²) in [5, 5.41) is 25.6. The number of ketones is 4. The Kier molecular flexibility index (Phi) is 15.1. The van der Waals surface area contributed by atoms with Crippen molar-refractivity contribution in [2.75, 3.05) is 13.1 Å². The number of amides is 2. The van der Waals surface area contributed by atoms with Gasteiger partial charge in [-0.15, -0.1) is 0 Å². The molecule has 10 nitrogen and oxygen atoms in total. The predicted molar refractivity (Wildman–Crippen MR) is 209 cm³/mol. The Morgan fingerprint density at radius 2 is 0.741 bits per heavy atom. The Bertz CT molecular complexity index is 1760. The van der Waals surface area contributed by atoms with Crippen molar-refractivity contribution in [3.8, 4) is 0 Å². The Hall–Kier alpha value is -5.06. The van der Waals surface area contributed by atoms with Crippen LogP contribution in [0.4, 0.5) is 0 Å². The van der Waals surface area contributed by atoms with Gasteiger partial charge in [0.25, 0.3) is 11.8 Å². The summed E-state index contributed by atoms with van der Waals surface area (Å²) in [7, 11) is 0. The molecular weight excluding hydrogens is 684 g/mol. The van der Waals surface area contributed by atoms with Crippen LogP contribution >= 0.6 is 0 Å². The Labute approximate surface area is 318 Å². The number of rotatable bonds is 14. The third kappa shape index (κ3) is 12.0. The summed E-state index contributed by atoms with van der Waals surface area (Å²) >= 11 is 0. The lowest BCUT2D eigenvalue weighted by Crippen LogP contribution is -2.29. The Morgan fingerprint density at radius 3 is 1.00 bits per heavy atom. The molecule has 4 N–H and O–H groups in total. The zero-order valence-corrected chi connectivity index (χ0v) is 32.8. The summed E-state index contributed by atoms with van der Waals surface area (Å²) in [4.78, 5) is 75.1. The quantitative estimate of drug-likeness (QED) is 0.164. The summed E-state index contributed by atoms with van der Waals surface area (Å²) in [5.74, 6) is -1.00. The van der Waals surface area contributed by atoms with Crippen LogP contribution in [-0.2, 0) is 19.2 Å². The van der Waals surface area contributed by atoms with Gasteiger partial charge in [0.05, 0.1) is 11.2 Å². The van der Waals surface area contributed by atoms with E-state index in [1.54, 1.807) is 104 Å². The van der Waals surface area contributed by atoms with Gasteiger partial charge in [0.1, 0.15) is 0 Å². The van der Waals surface area contributed by atoms with E-state index < -0.39 is 11.2 Å². The topological polar surface area (TPSA) is 167 Å². The Balaban J connectivity index is 0.000000290. The van der Waals surface area contributed by atoms with E-state index in [2.05, 4.69) is 10.6 Å². The van der Waals surface area contributed by atoms with Gasteiger partial charge in [0, 0.05) is 68.8 Å². The molecule has 0 saturated heterocycles. The van der Waals surface area contributed by atoms with Gasteiger partial charge in [-0.1, -0.05) is 36.4 Å². The van der Waals surface area contributed by atoms with Gasteiger partial charge < -0.3 is 20.8 Å². The van der Waals surface area contributed by atoms with Crippen LogP contribution in [0.25, 0.3) is 0 Å². The molecular formula is C44H54N2O8. The van der Waals surface area contributed by atoms with Crippen molar-refractivity contribution in [3.05, 3.63) is 116 Å². The van der Waals surface area contributed by atoms with Crippen LogP contribution in [0.5, 0.6) is 0 Å². The average Bonchev–Trinajstić information content (AvgIpc) is 3.13. The van der Waals surface area contributed by atoms with E-state index in [0.717, 1.165) is 0 Å². The van der Waals surface area contributed by atoms with E-state index in [9.17, 15) is 39.0 Å². The molecule has 54 heavy (non-hydrogen) atoms. The maximum Gasteiger partial charge on any atom is 0.251 e. The third-order valence-corrected chi connectivity index (χ3v) is 9.68. The molecule has 288 valence electrons. The standard InChI is InChI=1S/2C22H27NO4/c2*1-14-15(2)20(25)18(17(19(14)24)10-12-22(3,4)27)11-13-23-21(26)16-8-6-5-7-9-16/h2*5-9,27H,10-13H2,1-4H3,(H,23,26). The second-order valence-corrected chi connectivity index (χ2v) is 15.1. The van der Waals surface area contributed by atoms with Crippen molar-refractivity contribution in [1.82, 2.24) is 10.6 Å². The molecule has 0 atom stereocenters. The number of benzene rings is 2. The van der Waals surface area contributed by atoms with Crippen LogP contribution < -0.4 is 10.6 Å². The van der Waals surface area contributed by atoms with Gasteiger partial charge in [-0.05, 0) is 118 Å². The lowest BCUT2D eigenvalue weighted by Gasteiger charge is -2.23. The molecule has 2 aromatic rings. The highest BCUT2D eigenvalue weighted by Crippen LogP contribution is 2.32. The molecule has 2 aromatic carbocycles. The molecule has 2 aliphatic carbocycles. The summed E-state index contributed by atoms with van der Waals surface area (Å²) < 4.78 is 0. The smallest absolute Gasteiger partial charge is 0.251 e. The molecule has 0 spiro atoms.